The summed E-state index contributed by atoms with van der Waals surface area (Å²) < 4.78 is 59.4. The van der Waals surface area contributed by atoms with Crippen LogP contribution in [0.3, 0.4) is 0 Å². The highest BCUT2D eigenvalue weighted by molar-refractivity contribution is 5.84. The fourth-order valence-electron chi connectivity index (χ4n) is 5.43. The van der Waals surface area contributed by atoms with E-state index in [0.29, 0.717) is 24.1 Å². The second-order valence-corrected chi connectivity index (χ2v) is 9.39. The minimum atomic E-state index is -4.66. The molecule has 4 nitrogen and oxygen atoms in total. The highest BCUT2D eigenvalue weighted by atomic mass is 19.4. The van der Waals surface area contributed by atoms with Crippen molar-refractivity contribution in [3.63, 3.8) is 0 Å². The van der Waals surface area contributed by atoms with Gasteiger partial charge < -0.3 is 9.64 Å². The van der Waals surface area contributed by atoms with Crippen LogP contribution in [0.1, 0.15) is 57.4 Å². The van der Waals surface area contributed by atoms with E-state index in [4.69, 9.17) is 4.74 Å². The van der Waals surface area contributed by atoms with Crippen LogP contribution in [0.2, 0.25) is 0 Å². The van der Waals surface area contributed by atoms with Gasteiger partial charge in [0.15, 0.2) is 0 Å². The summed E-state index contributed by atoms with van der Waals surface area (Å²) in [6.07, 6.45) is 0.526. The number of fused-ring (bicyclic) bond motifs is 3. The zero-order chi connectivity index (χ0) is 23.0. The van der Waals surface area contributed by atoms with E-state index in [-0.39, 0.29) is 31.0 Å². The first kappa shape index (κ1) is 23.1. The number of hydrogen-bond acceptors (Lipinski definition) is 3. The Balaban J connectivity index is 1.33. The number of halogens is 4. The van der Waals surface area contributed by atoms with Crippen molar-refractivity contribution in [2.45, 2.75) is 69.8 Å². The van der Waals surface area contributed by atoms with Gasteiger partial charge in [-0.2, -0.15) is 0 Å². The van der Waals surface area contributed by atoms with Gasteiger partial charge in [0.05, 0.1) is 6.33 Å². The molecule has 8 heteroatoms. The predicted octanol–water partition coefficient (Wildman–Crippen LogP) is 5.67. The average molecular weight is 455 g/mol. The van der Waals surface area contributed by atoms with Crippen LogP contribution in [0.25, 0.3) is 0 Å². The van der Waals surface area contributed by atoms with Gasteiger partial charge >= 0.3 is 6.36 Å². The van der Waals surface area contributed by atoms with Crippen LogP contribution in [0.15, 0.2) is 36.2 Å². The molecule has 1 amide bonds. The molecule has 0 atom stereocenters. The lowest BCUT2D eigenvalue weighted by Gasteiger charge is -2.55. The molecule has 4 fully saturated rings. The summed E-state index contributed by atoms with van der Waals surface area (Å²) in [5.41, 5.74) is 1.42. The molecule has 0 unspecified atom stereocenters. The van der Waals surface area contributed by atoms with Gasteiger partial charge in [-0.05, 0) is 73.6 Å². The first-order valence-electron chi connectivity index (χ1n) is 11.2. The van der Waals surface area contributed by atoms with Crippen molar-refractivity contribution in [1.29, 1.82) is 0 Å². The van der Waals surface area contributed by atoms with Gasteiger partial charge in [0.1, 0.15) is 18.5 Å². The second-order valence-electron chi connectivity index (χ2n) is 9.39. The predicted molar refractivity (Wildman–Crippen MR) is 111 cm³/mol. The molecule has 0 N–H and O–H groups in total. The molecule has 1 aromatic carbocycles. The van der Waals surface area contributed by atoms with Crippen LogP contribution < -0.4 is 4.74 Å². The van der Waals surface area contributed by atoms with Gasteiger partial charge in [-0.1, -0.05) is 19.1 Å². The van der Waals surface area contributed by atoms with Gasteiger partial charge in [-0.3, -0.25) is 9.53 Å². The van der Waals surface area contributed by atoms with Crippen LogP contribution in [0.5, 0.6) is 5.75 Å². The van der Waals surface area contributed by atoms with Crippen LogP contribution in [-0.2, 0) is 14.9 Å². The largest absolute Gasteiger partial charge is 0.522 e. The van der Waals surface area contributed by atoms with Gasteiger partial charge in [-0.25, -0.2) is 4.39 Å². The molecule has 5 rings (SSSR count). The summed E-state index contributed by atoms with van der Waals surface area (Å²) >= 11 is 0. The zero-order valence-corrected chi connectivity index (χ0v) is 18.2. The molecule has 1 saturated heterocycles. The Labute approximate surface area is 185 Å². The van der Waals surface area contributed by atoms with Crippen molar-refractivity contribution in [2.24, 2.45) is 5.41 Å². The third-order valence-electron chi connectivity index (χ3n) is 7.63. The van der Waals surface area contributed by atoms with Crippen molar-refractivity contribution in [3.05, 3.63) is 41.7 Å². The molecular formula is C24H29F4NO3. The van der Waals surface area contributed by atoms with E-state index in [1.165, 1.54) is 10.5 Å². The summed E-state index contributed by atoms with van der Waals surface area (Å²) in [5, 5.41) is 0. The normalized spacial score (nSPS) is 28.5. The summed E-state index contributed by atoms with van der Waals surface area (Å²) in [4.78, 5) is 14.6. The van der Waals surface area contributed by atoms with Crippen LogP contribution >= 0.6 is 0 Å². The monoisotopic (exact) mass is 455 g/mol. The molecule has 1 heterocycles. The first-order chi connectivity index (χ1) is 15.2. The Morgan fingerprint density at radius 1 is 1.09 bits per heavy atom. The number of carbonyl (C=O) groups excluding carboxylic acids is 1. The molecule has 0 aromatic heterocycles. The third kappa shape index (κ3) is 4.51. The maximum absolute atomic E-state index is 13.1. The van der Waals surface area contributed by atoms with E-state index in [9.17, 15) is 22.4 Å². The average Bonchev–Trinajstić information content (AvgIpc) is 2.77. The third-order valence-corrected chi connectivity index (χ3v) is 7.63. The Bertz CT molecular complexity index is 834. The fraction of sp³-hybridized carbons (Fsp3) is 0.625. The Hall–Kier alpha value is -2.09. The van der Waals surface area contributed by atoms with Crippen LogP contribution in [0.4, 0.5) is 17.6 Å². The molecule has 32 heavy (non-hydrogen) atoms. The van der Waals surface area contributed by atoms with Crippen molar-refractivity contribution >= 4 is 5.91 Å². The van der Waals surface area contributed by atoms with Crippen LogP contribution in [0, 0.1) is 5.41 Å². The quantitative estimate of drug-likeness (QED) is 0.498. The van der Waals surface area contributed by atoms with Gasteiger partial charge in [0.25, 0.3) is 0 Å². The topological polar surface area (TPSA) is 38.8 Å². The van der Waals surface area contributed by atoms with Crippen LogP contribution in [-0.4, -0.2) is 43.0 Å². The number of nitrogens with zero attached hydrogens (tertiary/aromatic N) is 1. The number of alkyl halides is 3. The van der Waals surface area contributed by atoms with E-state index in [2.05, 4.69) is 16.9 Å². The molecule has 3 saturated carbocycles. The van der Waals surface area contributed by atoms with E-state index < -0.39 is 17.9 Å². The Kier molecular flexibility index (Phi) is 6.27. The van der Waals surface area contributed by atoms with E-state index in [1.54, 1.807) is 0 Å². The highest BCUT2D eigenvalue weighted by Crippen LogP contribution is 2.58. The number of benzene rings is 1. The van der Waals surface area contributed by atoms with Crippen molar-refractivity contribution in [3.8, 4) is 5.75 Å². The lowest BCUT2D eigenvalue weighted by Crippen LogP contribution is -2.61. The number of likely N-dealkylation sites (tertiary alicyclic amines) is 1. The molecule has 1 aromatic rings. The lowest BCUT2D eigenvalue weighted by atomic mass is 9.51. The second kappa shape index (κ2) is 8.69. The summed E-state index contributed by atoms with van der Waals surface area (Å²) in [6, 6.07) is 7.96. The molecule has 2 bridgehead atoms. The number of amides is 1. The standard InChI is InChI=1S/C24H29F4NO3/c1-2-17(13-25)16-31-19-5-3-18(4-6-19)22-7-10-23(11-8-22,12-9-22)21(30)29-14-20(15-29)32-24(26,27)28/h3-6,13,20H,2,7-12,14-16H2,1H3/b17-13+. The number of hydrogen-bond donors (Lipinski definition) is 0. The number of carbonyl (C=O) groups is 1. The first-order valence-corrected chi connectivity index (χ1v) is 11.2. The molecular weight excluding hydrogens is 426 g/mol. The number of rotatable bonds is 7. The molecule has 3 aliphatic carbocycles. The smallest absolute Gasteiger partial charge is 0.489 e. The summed E-state index contributed by atoms with van der Waals surface area (Å²) in [6.45, 7) is 2.14. The number of ether oxygens (including phenoxy) is 2. The maximum Gasteiger partial charge on any atom is 0.522 e. The van der Waals surface area contributed by atoms with Crippen molar-refractivity contribution < 1.29 is 31.8 Å². The summed E-state index contributed by atoms with van der Waals surface area (Å²) in [7, 11) is 0. The molecule has 0 radical (unpaired) electrons. The van der Waals surface area contributed by atoms with Gasteiger partial charge in [-0.15, -0.1) is 13.2 Å². The highest BCUT2D eigenvalue weighted by Gasteiger charge is 2.55. The fourth-order valence-corrected chi connectivity index (χ4v) is 5.43. The van der Waals surface area contributed by atoms with Gasteiger partial charge in [0.2, 0.25) is 5.91 Å². The van der Waals surface area contributed by atoms with E-state index in [0.717, 1.165) is 38.5 Å². The zero-order valence-electron chi connectivity index (χ0n) is 18.2. The maximum atomic E-state index is 13.1. The minimum absolute atomic E-state index is 0.00998. The SMILES string of the molecule is CC/C(=C\F)COc1ccc(C23CCC(C(=O)N4CC(OC(F)(F)F)C4)(CC2)CC3)cc1. The Morgan fingerprint density at radius 3 is 2.19 bits per heavy atom. The van der Waals surface area contributed by atoms with E-state index in [1.807, 2.05) is 19.1 Å². The molecule has 0 spiro atoms. The molecule has 1 aliphatic heterocycles. The Morgan fingerprint density at radius 2 is 1.69 bits per heavy atom. The molecule has 4 aliphatic rings. The van der Waals surface area contributed by atoms with Crippen molar-refractivity contribution in [2.75, 3.05) is 19.7 Å². The van der Waals surface area contributed by atoms with Gasteiger partial charge in [0, 0.05) is 18.5 Å². The van der Waals surface area contributed by atoms with E-state index >= 15 is 0 Å². The van der Waals surface area contributed by atoms with Crippen molar-refractivity contribution in [1.82, 2.24) is 4.90 Å². The molecule has 176 valence electrons. The minimum Gasteiger partial charge on any atom is -0.489 e. The lowest BCUT2D eigenvalue weighted by molar-refractivity contribution is -0.353. The summed E-state index contributed by atoms with van der Waals surface area (Å²) in [5.74, 6) is 0.687.